The van der Waals surface area contributed by atoms with Crippen molar-refractivity contribution in [1.82, 2.24) is 19.7 Å². The number of carbonyl (C=O) groups excluding carboxylic acids is 4. The molecule has 2 atom stereocenters. The third kappa shape index (κ3) is 6.39. The first-order valence-electron chi connectivity index (χ1n) is 13.8. The maximum Gasteiger partial charge on any atom is 0.265 e. The molecule has 43 heavy (non-hydrogen) atoms. The van der Waals surface area contributed by atoms with E-state index in [2.05, 4.69) is 5.32 Å². The predicted octanol–water partition coefficient (Wildman–Crippen LogP) is 4.76. The number of rotatable bonds is 7. The van der Waals surface area contributed by atoms with E-state index in [1.165, 1.54) is 54.1 Å². The molecule has 3 amide bonds. The lowest BCUT2D eigenvalue weighted by Gasteiger charge is -2.32. The lowest BCUT2D eigenvalue weighted by molar-refractivity contribution is -0.139. The van der Waals surface area contributed by atoms with Crippen LogP contribution in [0.15, 0.2) is 42.6 Å². The van der Waals surface area contributed by atoms with Gasteiger partial charge in [-0.15, -0.1) is 0 Å². The molecular formula is C30H29ClF4N4O4. The Hall–Kier alpha value is -3.93. The number of piperidine rings is 1. The molecule has 1 N–H and O–H groups in total. The van der Waals surface area contributed by atoms with E-state index in [4.69, 9.17) is 11.6 Å². The molecule has 13 heteroatoms. The maximum atomic E-state index is 14.5. The van der Waals surface area contributed by atoms with E-state index in [1.807, 2.05) is 0 Å². The molecule has 0 bridgehead atoms. The summed E-state index contributed by atoms with van der Waals surface area (Å²) >= 11 is 5.79. The van der Waals surface area contributed by atoms with Crippen LogP contribution in [-0.2, 0) is 22.7 Å². The number of amides is 3. The van der Waals surface area contributed by atoms with Crippen LogP contribution in [0.1, 0.15) is 52.5 Å². The minimum Gasteiger partial charge on any atom is -0.350 e. The van der Waals surface area contributed by atoms with Crippen LogP contribution < -0.4 is 5.32 Å². The summed E-state index contributed by atoms with van der Waals surface area (Å²) in [6, 6.07) is 7.62. The number of hydrogen-bond donors (Lipinski definition) is 1. The smallest absolute Gasteiger partial charge is 0.265 e. The maximum absolute atomic E-state index is 14.5. The third-order valence-electron chi connectivity index (χ3n) is 7.85. The molecule has 2 fully saturated rings. The molecule has 0 spiro atoms. The highest BCUT2D eigenvalue weighted by atomic mass is 35.5. The fraction of sp³-hybridized carbons (Fsp3) is 0.400. The van der Waals surface area contributed by atoms with Crippen molar-refractivity contribution >= 4 is 46.0 Å². The molecule has 2 saturated heterocycles. The number of nitrogens with zero attached hydrogens (tertiary/aromatic N) is 3. The van der Waals surface area contributed by atoms with Crippen LogP contribution >= 0.6 is 11.6 Å². The second-order valence-electron chi connectivity index (χ2n) is 11.0. The minimum atomic E-state index is -2.97. The van der Waals surface area contributed by atoms with Gasteiger partial charge in [0.2, 0.25) is 11.8 Å². The molecule has 2 aliphatic rings. The van der Waals surface area contributed by atoms with Crippen LogP contribution in [-0.4, -0.2) is 75.6 Å². The molecule has 8 nitrogen and oxygen atoms in total. The standard InChI is InChI=1S/C30H29ClF4N4O4/c1-17(40)22-14-38(24-7-6-18(10-21(22)24)29(43)37-9-3-8-30(34,35)16-37)15-26(41)39-13-20(32)11-25(39)28(42)36-12-19-4-2-5-23(31)27(19)33/h2,4-7,10,14,20,25H,3,8-9,11-13,15-16H2,1H3,(H,36,42)/t20-,25+/m1/s1. The predicted molar refractivity (Wildman–Crippen MR) is 150 cm³/mol. The lowest BCUT2D eigenvalue weighted by Crippen LogP contribution is -2.46. The van der Waals surface area contributed by atoms with E-state index >= 15 is 0 Å². The van der Waals surface area contributed by atoms with E-state index in [0.717, 1.165) is 9.80 Å². The van der Waals surface area contributed by atoms with E-state index in [1.54, 1.807) is 0 Å². The number of carbonyl (C=O) groups is 4. The fourth-order valence-electron chi connectivity index (χ4n) is 5.69. The van der Waals surface area contributed by atoms with Gasteiger partial charge >= 0.3 is 0 Å². The Bertz CT molecular complexity index is 1610. The van der Waals surface area contributed by atoms with Crippen molar-refractivity contribution in [3.8, 4) is 0 Å². The molecule has 1 aromatic heterocycles. The molecule has 0 aliphatic carbocycles. The number of likely N-dealkylation sites (tertiary alicyclic amines) is 2. The summed E-state index contributed by atoms with van der Waals surface area (Å²) in [6.45, 7) is -0.0447. The van der Waals surface area contributed by atoms with Gasteiger partial charge in [0.05, 0.1) is 18.1 Å². The molecule has 3 heterocycles. The Labute approximate surface area is 249 Å². The van der Waals surface area contributed by atoms with Crippen molar-refractivity contribution in [3.63, 3.8) is 0 Å². The Kier molecular flexibility index (Phi) is 8.51. The molecule has 228 valence electrons. The largest absolute Gasteiger partial charge is 0.350 e. The van der Waals surface area contributed by atoms with E-state index in [9.17, 15) is 36.7 Å². The first-order chi connectivity index (χ1) is 20.3. The van der Waals surface area contributed by atoms with Crippen molar-refractivity contribution < 1.29 is 36.7 Å². The van der Waals surface area contributed by atoms with Gasteiger partial charge in [0.25, 0.3) is 11.8 Å². The van der Waals surface area contributed by atoms with Gasteiger partial charge in [-0.2, -0.15) is 0 Å². The van der Waals surface area contributed by atoms with Crippen LogP contribution in [0.25, 0.3) is 10.9 Å². The van der Waals surface area contributed by atoms with Crippen molar-refractivity contribution in [2.45, 2.75) is 57.4 Å². The van der Waals surface area contributed by atoms with Gasteiger partial charge in [0.1, 0.15) is 24.6 Å². The summed E-state index contributed by atoms with van der Waals surface area (Å²) in [5, 5.41) is 2.79. The number of ketones is 1. The van der Waals surface area contributed by atoms with Crippen molar-refractivity contribution in [3.05, 3.63) is 70.1 Å². The molecule has 0 saturated carbocycles. The topological polar surface area (TPSA) is 91.7 Å². The lowest BCUT2D eigenvalue weighted by atomic mass is 10.0. The summed E-state index contributed by atoms with van der Waals surface area (Å²) in [7, 11) is 0. The van der Waals surface area contributed by atoms with Gasteiger partial charge in [-0.3, -0.25) is 19.2 Å². The average Bonchev–Trinajstić information content (AvgIpc) is 3.53. The van der Waals surface area contributed by atoms with Crippen LogP contribution in [0, 0.1) is 5.82 Å². The van der Waals surface area contributed by atoms with Crippen molar-refractivity contribution in [1.29, 1.82) is 0 Å². The van der Waals surface area contributed by atoms with Crippen LogP contribution in [0.2, 0.25) is 5.02 Å². The molecule has 3 aromatic rings. The Morgan fingerprint density at radius 3 is 2.63 bits per heavy atom. The van der Waals surface area contributed by atoms with Gasteiger partial charge in [-0.25, -0.2) is 17.6 Å². The van der Waals surface area contributed by atoms with Gasteiger partial charge in [-0.1, -0.05) is 23.7 Å². The quantitative estimate of drug-likeness (QED) is 0.305. The second-order valence-corrected chi connectivity index (χ2v) is 11.4. The number of alkyl halides is 3. The molecule has 5 rings (SSSR count). The second kappa shape index (κ2) is 12.0. The molecular weight excluding hydrogens is 592 g/mol. The summed E-state index contributed by atoms with van der Waals surface area (Å²) < 4.78 is 58.0. The molecule has 2 aliphatic heterocycles. The number of aromatic nitrogens is 1. The number of hydrogen-bond acceptors (Lipinski definition) is 4. The molecule has 0 radical (unpaired) electrons. The van der Waals surface area contributed by atoms with E-state index in [0.29, 0.717) is 10.9 Å². The highest BCUT2D eigenvalue weighted by Gasteiger charge is 2.40. The summed E-state index contributed by atoms with van der Waals surface area (Å²) in [6.07, 6.45) is -0.363. The fourth-order valence-corrected chi connectivity index (χ4v) is 5.89. The number of fused-ring (bicyclic) bond motifs is 1. The SMILES string of the molecule is CC(=O)c1cn(CC(=O)N2C[C@H](F)C[C@H]2C(=O)NCc2cccc(Cl)c2F)c2ccc(C(=O)N3CCCC(F)(F)C3)cc12. The highest BCUT2D eigenvalue weighted by Crippen LogP contribution is 2.30. The van der Waals surface area contributed by atoms with E-state index < -0.39 is 48.2 Å². The van der Waals surface area contributed by atoms with Gasteiger partial charge in [0.15, 0.2) is 5.78 Å². The Balaban J connectivity index is 1.34. The zero-order valence-corrected chi connectivity index (χ0v) is 24.0. The Morgan fingerprint density at radius 2 is 1.91 bits per heavy atom. The highest BCUT2D eigenvalue weighted by molar-refractivity contribution is 6.30. The number of Topliss-reactive ketones (excluding diaryl/α,β-unsaturated/α-hetero) is 1. The minimum absolute atomic E-state index is 0.110. The first-order valence-corrected chi connectivity index (χ1v) is 14.2. The monoisotopic (exact) mass is 620 g/mol. The summed E-state index contributed by atoms with van der Waals surface area (Å²) in [5.74, 6) is -5.83. The first kappa shape index (κ1) is 30.5. The zero-order chi connectivity index (χ0) is 31.1. The molecule has 2 aromatic carbocycles. The van der Waals surface area contributed by atoms with Crippen molar-refractivity contribution in [2.75, 3.05) is 19.6 Å². The number of benzene rings is 2. The Morgan fingerprint density at radius 1 is 1.14 bits per heavy atom. The molecule has 0 unspecified atom stereocenters. The zero-order valence-electron chi connectivity index (χ0n) is 23.2. The normalized spacial score (nSPS) is 20.0. The number of halogens is 5. The third-order valence-corrected chi connectivity index (χ3v) is 8.14. The van der Waals surface area contributed by atoms with Gasteiger partial charge < -0.3 is 19.7 Å². The van der Waals surface area contributed by atoms with E-state index in [-0.39, 0.29) is 72.9 Å². The van der Waals surface area contributed by atoms with Crippen molar-refractivity contribution in [2.24, 2.45) is 0 Å². The average molecular weight is 621 g/mol. The summed E-state index contributed by atoms with van der Waals surface area (Å²) in [4.78, 5) is 54.0. The van der Waals surface area contributed by atoms with Crippen LogP contribution in [0.5, 0.6) is 0 Å². The van der Waals surface area contributed by atoms with Gasteiger partial charge in [0, 0.05) is 59.7 Å². The van der Waals surface area contributed by atoms with Gasteiger partial charge in [-0.05, 0) is 37.6 Å². The van der Waals surface area contributed by atoms with Crippen LogP contribution in [0.4, 0.5) is 17.6 Å². The number of nitrogens with one attached hydrogen (secondary N) is 1. The van der Waals surface area contributed by atoms with Crippen LogP contribution in [0.3, 0.4) is 0 Å². The summed E-state index contributed by atoms with van der Waals surface area (Å²) in [5.41, 5.74) is 0.900.